The zero-order chi connectivity index (χ0) is 20.0. The summed E-state index contributed by atoms with van der Waals surface area (Å²) in [5.74, 6) is 1.58. The molecular formula is C21H27N5O3. The van der Waals surface area contributed by atoms with E-state index < -0.39 is 6.09 Å². The minimum atomic E-state index is -1.00. The zero-order valence-corrected chi connectivity index (χ0v) is 16.4. The number of hydrogen-bond acceptors (Lipinski definition) is 4. The summed E-state index contributed by atoms with van der Waals surface area (Å²) in [7, 11) is 0. The molecule has 0 aromatic carbocycles. The predicted octanol–water partition coefficient (Wildman–Crippen LogP) is 2.54. The van der Waals surface area contributed by atoms with E-state index in [1.807, 2.05) is 18.3 Å². The average Bonchev–Trinajstić information content (AvgIpc) is 3.62. The van der Waals surface area contributed by atoms with Crippen molar-refractivity contribution >= 4 is 17.6 Å². The molecule has 8 heteroatoms. The summed E-state index contributed by atoms with van der Waals surface area (Å²) >= 11 is 0. The summed E-state index contributed by atoms with van der Waals surface area (Å²) in [5, 5.41) is 19.8. The van der Waals surface area contributed by atoms with E-state index in [4.69, 9.17) is 4.98 Å². The van der Waals surface area contributed by atoms with E-state index in [0.29, 0.717) is 29.8 Å². The lowest BCUT2D eigenvalue weighted by Gasteiger charge is -2.25. The third kappa shape index (κ3) is 3.93. The Morgan fingerprint density at radius 3 is 2.66 bits per heavy atom. The molecule has 3 aliphatic rings. The van der Waals surface area contributed by atoms with Crippen LogP contribution in [0.5, 0.6) is 0 Å². The van der Waals surface area contributed by atoms with Gasteiger partial charge in [0.05, 0.1) is 23.6 Å². The van der Waals surface area contributed by atoms with Gasteiger partial charge in [0.2, 0.25) is 5.91 Å². The SMILES string of the molecule is O=C(O)N[C@H](c1cn2nc(C[C@H]3CCCNC3=O)ccc2n1)C(C1CC1)C1CC1. The summed E-state index contributed by atoms with van der Waals surface area (Å²) in [6, 6.07) is 3.54. The van der Waals surface area contributed by atoms with Crippen molar-refractivity contribution in [2.45, 2.75) is 51.0 Å². The number of carbonyl (C=O) groups is 2. The van der Waals surface area contributed by atoms with Gasteiger partial charge in [0.1, 0.15) is 0 Å². The summed E-state index contributed by atoms with van der Waals surface area (Å²) < 4.78 is 1.73. The molecule has 8 nitrogen and oxygen atoms in total. The molecule has 5 rings (SSSR count). The highest BCUT2D eigenvalue weighted by Crippen LogP contribution is 2.53. The third-order valence-electron chi connectivity index (χ3n) is 6.56. The van der Waals surface area contributed by atoms with E-state index in [1.54, 1.807) is 4.52 Å². The fourth-order valence-electron chi connectivity index (χ4n) is 4.87. The van der Waals surface area contributed by atoms with E-state index in [2.05, 4.69) is 15.7 Å². The Balaban J connectivity index is 1.41. The Hall–Kier alpha value is -2.64. The number of carboxylic acid groups (broad SMARTS) is 1. The zero-order valence-electron chi connectivity index (χ0n) is 16.4. The Bertz CT molecular complexity index is 922. The third-order valence-corrected chi connectivity index (χ3v) is 6.56. The topological polar surface area (TPSA) is 109 Å². The van der Waals surface area contributed by atoms with E-state index in [9.17, 15) is 14.7 Å². The normalized spacial score (nSPS) is 23.2. The molecule has 2 aromatic rings. The summed E-state index contributed by atoms with van der Waals surface area (Å²) in [6.45, 7) is 0.758. The van der Waals surface area contributed by atoms with Crippen molar-refractivity contribution in [1.82, 2.24) is 25.2 Å². The Morgan fingerprint density at radius 2 is 2.00 bits per heavy atom. The maximum atomic E-state index is 12.1. The van der Waals surface area contributed by atoms with Crippen molar-refractivity contribution < 1.29 is 14.7 Å². The monoisotopic (exact) mass is 397 g/mol. The van der Waals surface area contributed by atoms with Crippen LogP contribution >= 0.6 is 0 Å². The largest absolute Gasteiger partial charge is 0.465 e. The molecule has 2 amide bonds. The fraction of sp³-hybridized carbons (Fsp3) is 0.619. The van der Waals surface area contributed by atoms with Gasteiger partial charge in [0.15, 0.2) is 5.65 Å². The highest BCUT2D eigenvalue weighted by Gasteiger charge is 2.47. The number of nitrogens with zero attached hydrogens (tertiary/aromatic N) is 3. The molecule has 2 aromatic heterocycles. The molecule has 29 heavy (non-hydrogen) atoms. The van der Waals surface area contributed by atoms with E-state index in [1.165, 1.54) is 25.7 Å². The maximum Gasteiger partial charge on any atom is 0.405 e. The number of imidazole rings is 1. The Labute approximate surface area is 169 Å². The first-order valence-corrected chi connectivity index (χ1v) is 10.7. The van der Waals surface area contributed by atoms with Gasteiger partial charge in [0, 0.05) is 18.9 Å². The second-order valence-corrected chi connectivity index (χ2v) is 8.81. The molecule has 3 N–H and O–H groups in total. The van der Waals surface area contributed by atoms with Crippen LogP contribution in [0.1, 0.15) is 56.0 Å². The second-order valence-electron chi connectivity index (χ2n) is 8.81. The van der Waals surface area contributed by atoms with E-state index >= 15 is 0 Å². The van der Waals surface area contributed by atoms with Crippen molar-refractivity contribution in [1.29, 1.82) is 0 Å². The van der Waals surface area contributed by atoms with Crippen LogP contribution in [0.3, 0.4) is 0 Å². The first-order chi connectivity index (χ1) is 14.1. The number of fused-ring (bicyclic) bond motifs is 1. The number of piperidine rings is 1. The molecule has 0 radical (unpaired) electrons. The first-order valence-electron chi connectivity index (χ1n) is 10.7. The molecule has 0 unspecified atom stereocenters. The first kappa shape index (κ1) is 18.4. The summed E-state index contributed by atoms with van der Waals surface area (Å²) in [5.41, 5.74) is 2.31. The van der Waals surface area contributed by atoms with E-state index in [0.717, 1.165) is 30.8 Å². The van der Waals surface area contributed by atoms with Gasteiger partial charge in [0.25, 0.3) is 0 Å². The lowest BCUT2D eigenvalue weighted by atomic mass is 9.88. The molecular weight excluding hydrogens is 370 g/mol. The van der Waals surface area contributed by atoms with Gasteiger partial charge in [-0.15, -0.1) is 0 Å². The molecule has 1 saturated heterocycles. The van der Waals surface area contributed by atoms with Gasteiger partial charge in [-0.05, 0) is 68.4 Å². The average molecular weight is 397 g/mol. The van der Waals surface area contributed by atoms with Crippen LogP contribution in [0.25, 0.3) is 5.65 Å². The molecule has 2 aliphatic carbocycles. The molecule has 2 atom stereocenters. The van der Waals surface area contributed by atoms with Crippen LogP contribution in [0.15, 0.2) is 18.3 Å². The van der Waals surface area contributed by atoms with Gasteiger partial charge < -0.3 is 15.7 Å². The molecule has 1 aliphatic heterocycles. The highest BCUT2D eigenvalue weighted by molar-refractivity contribution is 5.79. The van der Waals surface area contributed by atoms with Crippen molar-refractivity contribution in [3.63, 3.8) is 0 Å². The smallest absolute Gasteiger partial charge is 0.405 e. The summed E-state index contributed by atoms with van der Waals surface area (Å²) in [4.78, 5) is 28.3. The van der Waals surface area contributed by atoms with Crippen molar-refractivity contribution in [2.75, 3.05) is 6.54 Å². The lowest BCUT2D eigenvalue weighted by Crippen LogP contribution is -2.37. The number of carbonyl (C=O) groups excluding carboxylic acids is 1. The minimum absolute atomic E-state index is 0.0350. The minimum Gasteiger partial charge on any atom is -0.465 e. The quantitative estimate of drug-likeness (QED) is 0.665. The van der Waals surface area contributed by atoms with Crippen LogP contribution < -0.4 is 10.6 Å². The molecule has 2 saturated carbocycles. The molecule has 3 heterocycles. The van der Waals surface area contributed by atoms with Gasteiger partial charge in [-0.2, -0.15) is 5.10 Å². The Morgan fingerprint density at radius 1 is 1.24 bits per heavy atom. The summed E-state index contributed by atoms with van der Waals surface area (Å²) in [6.07, 6.45) is 8.06. The van der Waals surface area contributed by atoms with Crippen LogP contribution in [0.4, 0.5) is 4.79 Å². The molecule has 0 bridgehead atoms. The molecule has 154 valence electrons. The van der Waals surface area contributed by atoms with Crippen molar-refractivity contribution in [2.24, 2.45) is 23.7 Å². The number of nitrogens with one attached hydrogen (secondary N) is 2. The number of amides is 2. The molecule has 0 spiro atoms. The van der Waals surface area contributed by atoms with Gasteiger partial charge in [-0.25, -0.2) is 14.3 Å². The lowest BCUT2D eigenvalue weighted by molar-refractivity contribution is -0.126. The van der Waals surface area contributed by atoms with E-state index in [-0.39, 0.29) is 17.9 Å². The van der Waals surface area contributed by atoms with Crippen LogP contribution in [0, 0.1) is 23.7 Å². The number of rotatable bonds is 7. The van der Waals surface area contributed by atoms with Crippen LogP contribution in [-0.4, -0.2) is 38.2 Å². The van der Waals surface area contributed by atoms with Crippen LogP contribution in [-0.2, 0) is 11.2 Å². The van der Waals surface area contributed by atoms with Gasteiger partial charge >= 0.3 is 6.09 Å². The number of hydrogen-bond donors (Lipinski definition) is 3. The van der Waals surface area contributed by atoms with Crippen LogP contribution in [0.2, 0.25) is 0 Å². The molecule has 3 fully saturated rings. The van der Waals surface area contributed by atoms with Gasteiger partial charge in [-0.3, -0.25) is 4.79 Å². The predicted molar refractivity (Wildman–Crippen MR) is 105 cm³/mol. The fourth-order valence-corrected chi connectivity index (χ4v) is 4.87. The standard InChI is InChI=1S/C21H27N5O3/c27-20-14(2-1-9-22-20)10-15-7-8-17-23-16(11-26(17)25-15)19(24-21(28)29)18(12-3-4-12)13-5-6-13/h7-8,11-14,18-19,24H,1-6,9-10H2,(H,22,27)(H,28,29)/t14-,19-/m1/s1. The Kier molecular flexibility index (Phi) is 4.64. The highest BCUT2D eigenvalue weighted by atomic mass is 16.4. The number of aromatic nitrogens is 3. The van der Waals surface area contributed by atoms with Gasteiger partial charge in [-0.1, -0.05) is 0 Å². The van der Waals surface area contributed by atoms with Crippen molar-refractivity contribution in [3.8, 4) is 0 Å². The second kappa shape index (κ2) is 7.31. The van der Waals surface area contributed by atoms with Crippen molar-refractivity contribution in [3.05, 3.63) is 29.7 Å². The maximum absolute atomic E-state index is 12.1.